The summed E-state index contributed by atoms with van der Waals surface area (Å²) >= 11 is 6.09. The maximum absolute atomic E-state index is 15.4. The summed E-state index contributed by atoms with van der Waals surface area (Å²) in [5.41, 5.74) is 8.43. The van der Waals surface area contributed by atoms with Crippen molar-refractivity contribution in [3.05, 3.63) is 88.6 Å². The number of imidazole rings is 1. The Morgan fingerprint density at radius 3 is 2.76 bits per heavy atom. The fraction of sp³-hybridized carbons (Fsp3) is 0.0909. The average Bonchev–Trinajstić information content (AvgIpc) is 3.13. The minimum Gasteiger partial charge on any atom is -0.496 e. The van der Waals surface area contributed by atoms with Crippen LogP contribution in [0.5, 0.6) is 5.75 Å². The molecule has 7 heteroatoms. The molecule has 2 N–H and O–H groups in total. The fourth-order valence-electron chi connectivity index (χ4n) is 3.30. The number of pyridine rings is 1. The van der Waals surface area contributed by atoms with Gasteiger partial charge in [0.05, 0.1) is 12.7 Å². The zero-order chi connectivity index (χ0) is 20.5. The largest absolute Gasteiger partial charge is 0.496 e. The minimum atomic E-state index is -0.595. The molecule has 0 unspecified atom stereocenters. The minimum absolute atomic E-state index is 0.182. The number of primary amides is 1. The van der Waals surface area contributed by atoms with E-state index in [2.05, 4.69) is 4.98 Å². The Morgan fingerprint density at radius 2 is 2.03 bits per heavy atom. The second-order valence-corrected chi connectivity index (χ2v) is 7.03. The molecule has 1 amide bonds. The Hall–Kier alpha value is -3.38. The highest BCUT2D eigenvalue weighted by Crippen LogP contribution is 2.36. The normalized spacial score (nSPS) is 11.0. The highest BCUT2D eigenvalue weighted by atomic mass is 35.5. The number of nitrogens with two attached hydrogens (primary N) is 1. The van der Waals surface area contributed by atoms with Crippen molar-refractivity contribution in [2.45, 2.75) is 6.42 Å². The molecule has 4 aromatic rings. The molecule has 0 fully saturated rings. The van der Waals surface area contributed by atoms with Crippen LogP contribution in [-0.2, 0) is 6.42 Å². The number of carbonyl (C=O) groups excluding carboxylic acids is 1. The highest BCUT2D eigenvalue weighted by molar-refractivity contribution is 6.30. The van der Waals surface area contributed by atoms with E-state index in [1.165, 1.54) is 7.11 Å². The lowest BCUT2D eigenvalue weighted by Gasteiger charge is -2.14. The van der Waals surface area contributed by atoms with Gasteiger partial charge in [-0.1, -0.05) is 35.9 Å². The van der Waals surface area contributed by atoms with Crippen LogP contribution in [0.4, 0.5) is 4.39 Å². The van der Waals surface area contributed by atoms with Crippen molar-refractivity contribution in [1.29, 1.82) is 0 Å². The second kappa shape index (κ2) is 7.56. The van der Waals surface area contributed by atoms with E-state index in [-0.39, 0.29) is 11.5 Å². The van der Waals surface area contributed by atoms with Gasteiger partial charge in [0, 0.05) is 23.8 Å². The maximum Gasteiger partial charge on any atom is 0.268 e. The average molecular weight is 410 g/mol. The summed E-state index contributed by atoms with van der Waals surface area (Å²) in [5, 5.41) is 0.519. The molecule has 0 aliphatic carbocycles. The molecule has 0 aliphatic heterocycles. The summed E-state index contributed by atoms with van der Waals surface area (Å²) in [4.78, 5) is 15.5. The Morgan fingerprint density at radius 1 is 1.21 bits per heavy atom. The standard InChI is InChI=1S/C22H17ClFN3O2/c1-29-18-7-6-15(21(24)20(18)14-3-2-4-16(23)10-14)9-13-5-8-19-26-17(22(25)28)12-27(19)11-13/h2-8,10-12H,9H2,1H3,(H2,25,28). The molecular formula is C22H17ClFN3O2. The third kappa shape index (κ3) is 3.67. The zero-order valence-electron chi connectivity index (χ0n) is 15.5. The van der Waals surface area contributed by atoms with Gasteiger partial charge in [-0.2, -0.15) is 0 Å². The molecule has 0 saturated heterocycles. The van der Waals surface area contributed by atoms with Gasteiger partial charge >= 0.3 is 0 Å². The van der Waals surface area contributed by atoms with Gasteiger partial charge in [0.2, 0.25) is 0 Å². The maximum atomic E-state index is 15.4. The summed E-state index contributed by atoms with van der Waals surface area (Å²) < 4.78 is 22.5. The van der Waals surface area contributed by atoms with Gasteiger partial charge in [-0.3, -0.25) is 4.79 Å². The van der Waals surface area contributed by atoms with Crippen molar-refractivity contribution in [3.63, 3.8) is 0 Å². The first-order valence-corrected chi connectivity index (χ1v) is 9.23. The number of aromatic nitrogens is 2. The topological polar surface area (TPSA) is 69.6 Å². The molecule has 0 aliphatic rings. The lowest BCUT2D eigenvalue weighted by Crippen LogP contribution is -2.10. The molecule has 0 atom stereocenters. The molecular weight excluding hydrogens is 393 g/mol. The lowest BCUT2D eigenvalue weighted by molar-refractivity contribution is 0.0996. The van der Waals surface area contributed by atoms with Crippen molar-refractivity contribution in [1.82, 2.24) is 9.38 Å². The van der Waals surface area contributed by atoms with Crippen molar-refractivity contribution in [3.8, 4) is 16.9 Å². The first-order chi connectivity index (χ1) is 14.0. The van der Waals surface area contributed by atoms with E-state index in [1.807, 2.05) is 6.07 Å². The van der Waals surface area contributed by atoms with E-state index in [0.717, 1.165) is 5.56 Å². The quantitative estimate of drug-likeness (QED) is 0.528. The Balaban J connectivity index is 1.75. The fourth-order valence-corrected chi connectivity index (χ4v) is 3.49. The van der Waals surface area contributed by atoms with Crippen LogP contribution < -0.4 is 10.5 Å². The molecule has 0 radical (unpaired) electrons. The summed E-state index contributed by atoms with van der Waals surface area (Å²) in [7, 11) is 1.51. The molecule has 0 bridgehead atoms. The lowest BCUT2D eigenvalue weighted by atomic mass is 9.97. The SMILES string of the molecule is COc1ccc(Cc2ccc3nc(C(N)=O)cn3c2)c(F)c1-c1cccc(Cl)c1. The van der Waals surface area contributed by atoms with E-state index in [9.17, 15) is 4.79 Å². The Bertz CT molecular complexity index is 1240. The van der Waals surface area contributed by atoms with Crippen LogP contribution >= 0.6 is 11.6 Å². The molecule has 146 valence electrons. The van der Waals surface area contributed by atoms with Crippen molar-refractivity contribution in [2.75, 3.05) is 7.11 Å². The van der Waals surface area contributed by atoms with Gasteiger partial charge in [-0.15, -0.1) is 0 Å². The molecule has 2 aromatic heterocycles. The van der Waals surface area contributed by atoms with Crippen LogP contribution in [-0.4, -0.2) is 22.4 Å². The number of fused-ring (bicyclic) bond motifs is 1. The summed E-state index contributed by atoms with van der Waals surface area (Å²) in [6, 6.07) is 14.1. The van der Waals surface area contributed by atoms with Crippen LogP contribution in [0.3, 0.4) is 0 Å². The van der Waals surface area contributed by atoms with E-state index >= 15 is 4.39 Å². The first kappa shape index (κ1) is 19.0. The van der Waals surface area contributed by atoms with Gasteiger partial charge in [0.1, 0.15) is 22.9 Å². The summed E-state index contributed by atoms with van der Waals surface area (Å²) in [5.74, 6) is -0.525. The van der Waals surface area contributed by atoms with Crippen LogP contribution in [0.2, 0.25) is 5.02 Å². The molecule has 0 saturated carbocycles. The monoisotopic (exact) mass is 409 g/mol. The number of ether oxygens (including phenoxy) is 1. The predicted octanol–water partition coefficient (Wildman–Crippen LogP) is 4.49. The molecule has 2 aromatic carbocycles. The number of hydrogen-bond acceptors (Lipinski definition) is 3. The number of amides is 1. The number of halogens is 2. The van der Waals surface area contributed by atoms with Crippen LogP contribution in [0, 0.1) is 5.82 Å². The third-order valence-corrected chi connectivity index (χ3v) is 4.91. The van der Waals surface area contributed by atoms with Gasteiger partial charge < -0.3 is 14.9 Å². The number of nitrogens with zero attached hydrogens (tertiary/aromatic N) is 2. The summed E-state index contributed by atoms with van der Waals surface area (Å²) in [6.07, 6.45) is 3.71. The first-order valence-electron chi connectivity index (χ1n) is 8.85. The van der Waals surface area contributed by atoms with E-state index in [0.29, 0.717) is 39.5 Å². The van der Waals surface area contributed by atoms with Crippen molar-refractivity contribution >= 4 is 23.2 Å². The van der Waals surface area contributed by atoms with Gasteiger partial charge in [-0.05, 0) is 41.0 Å². The molecule has 5 nitrogen and oxygen atoms in total. The number of benzene rings is 2. The zero-order valence-corrected chi connectivity index (χ0v) is 16.3. The molecule has 4 rings (SSSR count). The van der Waals surface area contributed by atoms with Gasteiger partial charge in [0.25, 0.3) is 5.91 Å². The smallest absolute Gasteiger partial charge is 0.268 e. The van der Waals surface area contributed by atoms with E-state index in [1.54, 1.807) is 59.3 Å². The molecule has 0 spiro atoms. The van der Waals surface area contributed by atoms with E-state index in [4.69, 9.17) is 22.1 Å². The summed E-state index contributed by atoms with van der Waals surface area (Å²) in [6.45, 7) is 0. The number of hydrogen-bond donors (Lipinski definition) is 1. The Kier molecular flexibility index (Phi) is 4.94. The third-order valence-electron chi connectivity index (χ3n) is 4.68. The second-order valence-electron chi connectivity index (χ2n) is 6.60. The van der Waals surface area contributed by atoms with Gasteiger partial charge in [0.15, 0.2) is 0 Å². The Labute approximate surface area is 171 Å². The number of carbonyl (C=O) groups is 1. The van der Waals surface area contributed by atoms with E-state index < -0.39 is 5.91 Å². The van der Waals surface area contributed by atoms with Crippen molar-refractivity contribution in [2.24, 2.45) is 5.73 Å². The predicted molar refractivity (Wildman–Crippen MR) is 110 cm³/mol. The van der Waals surface area contributed by atoms with Crippen LogP contribution in [0.25, 0.3) is 16.8 Å². The molecule has 29 heavy (non-hydrogen) atoms. The highest BCUT2D eigenvalue weighted by Gasteiger charge is 2.17. The number of methoxy groups -OCH3 is 1. The van der Waals surface area contributed by atoms with Gasteiger partial charge in [-0.25, -0.2) is 9.37 Å². The van der Waals surface area contributed by atoms with Crippen molar-refractivity contribution < 1.29 is 13.9 Å². The number of rotatable bonds is 5. The van der Waals surface area contributed by atoms with Crippen LogP contribution in [0.1, 0.15) is 21.6 Å². The van der Waals surface area contributed by atoms with Crippen LogP contribution in [0.15, 0.2) is 60.9 Å². The molecule has 2 heterocycles.